The molecule has 0 atom stereocenters. The molecule has 0 unspecified atom stereocenters. The van der Waals surface area contributed by atoms with Gasteiger partial charge in [-0.3, -0.25) is 0 Å². The summed E-state index contributed by atoms with van der Waals surface area (Å²) >= 11 is 0. The SMILES string of the molecule is CCc1ccc(-c2ccc(CN)o2)cc1CC. The largest absolute Gasteiger partial charge is 0.460 e. The lowest BCUT2D eigenvalue weighted by Gasteiger charge is -2.07. The van der Waals surface area contributed by atoms with Crippen molar-refractivity contribution in [2.24, 2.45) is 5.73 Å². The van der Waals surface area contributed by atoms with Gasteiger partial charge in [0.25, 0.3) is 0 Å². The quantitative estimate of drug-likeness (QED) is 0.871. The van der Waals surface area contributed by atoms with Crippen LogP contribution in [-0.4, -0.2) is 0 Å². The Bertz CT molecular complexity index is 499. The molecule has 2 N–H and O–H groups in total. The molecule has 17 heavy (non-hydrogen) atoms. The van der Waals surface area contributed by atoms with Gasteiger partial charge in [0.15, 0.2) is 0 Å². The fourth-order valence-corrected chi connectivity index (χ4v) is 2.10. The molecule has 1 aromatic carbocycles. The molecule has 90 valence electrons. The Labute approximate surface area is 102 Å². The minimum atomic E-state index is 0.452. The maximum absolute atomic E-state index is 5.67. The molecule has 2 rings (SSSR count). The zero-order valence-electron chi connectivity index (χ0n) is 10.5. The van der Waals surface area contributed by atoms with Crippen LogP contribution in [0, 0.1) is 0 Å². The van der Waals surface area contributed by atoms with Crippen molar-refractivity contribution in [1.29, 1.82) is 0 Å². The van der Waals surface area contributed by atoms with Gasteiger partial charge in [0.2, 0.25) is 0 Å². The standard InChI is InChI=1S/C15H19NO/c1-3-11-5-6-13(9-12(11)4-2)15-8-7-14(10-16)17-15/h5-9H,3-4,10,16H2,1-2H3. The molecule has 2 heteroatoms. The van der Waals surface area contributed by atoms with Crippen molar-refractivity contribution in [3.05, 3.63) is 47.2 Å². The van der Waals surface area contributed by atoms with E-state index in [2.05, 4.69) is 32.0 Å². The van der Waals surface area contributed by atoms with Gasteiger partial charge in [0.05, 0.1) is 6.54 Å². The van der Waals surface area contributed by atoms with Gasteiger partial charge in [-0.15, -0.1) is 0 Å². The minimum Gasteiger partial charge on any atom is -0.460 e. The number of furan rings is 1. The van der Waals surface area contributed by atoms with Gasteiger partial charge in [0.1, 0.15) is 11.5 Å². The average Bonchev–Trinajstić information content (AvgIpc) is 2.86. The fraction of sp³-hybridized carbons (Fsp3) is 0.333. The molecular formula is C15H19NO. The molecular weight excluding hydrogens is 210 g/mol. The van der Waals surface area contributed by atoms with Crippen LogP contribution in [-0.2, 0) is 19.4 Å². The second-order valence-electron chi connectivity index (χ2n) is 4.16. The number of hydrogen-bond acceptors (Lipinski definition) is 2. The van der Waals surface area contributed by atoms with E-state index in [1.54, 1.807) is 0 Å². The third-order valence-electron chi connectivity index (χ3n) is 3.12. The van der Waals surface area contributed by atoms with Crippen molar-refractivity contribution in [3.8, 4) is 11.3 Å². The maximum Gasteiger partial charge on any atom is 0.134 e. The lowest BCUT2D eigenvalue weighted by molar-refractivity contribution is 0.525. The number of hydrogen-bond donors (Lipinski definition) is 1. The zero-order valence-corrected chi connectivity index (χ0v) is 10.5. The summed E-state index contributed by atoms with van der Waals surface area (Å²) in [4.78, 5) is 0. The molecule has 0 aliphatic carbocycles. The summed E-state index contributed by atoms with van der Waals surface area (Å²) in [6.45, 7) is 4.83. The van der Waals surface area contributed by atoms with E-state index < -0.39 is 0 Å². The van der Waals surface area contributed by atoms with Gasteiger partial charge in [-0.25, -0.2) is 0 Å². The molecule has 0 aliphatic heterocycles. The highest BCUT2D eigenvalue weighted by atomic mass is 16.3. The smallest absolute Gasteiger partial charge is 0.134 e. The van der Waals surface area contributed by atoms with Crippen molar-refractivity contribution in [3.63, 3.8) is 0 Å². The van der Waals surface area contributed by atoms with Crippen molar-refractivity contribution in [2.45, 2.75) is 33.2 Å². The van der Waals surface area contributed by atoms with Crippen LogP contribution >= 0.6 is 0 Å². The van der Waals surface area contributed by atoms with Crippen LogP contribution in [0.3, 0.4) is 0 Å². The molecule has 0 radical (unpaired) electrons. The second-order valence-corrected chi connectivity index (χ2v) is 4.16. The highest BCUT2D eigenvalue weighted by Crippen LogP contribution is 2.25. The van der Waals surface area contributed by atoms with Crippen LogP contribution in [0.25, 0.3) is 11.3 Å². The van der Waals surface area contributed by atoms with Gasteiger partial charge >= 0.3 is 0 Å². The van der Waals surface area contributed by atoms with E-state index in [9.17, 15) is 0 Å². The lowest BCUT2D eigenvalue weighted by atomic mass is 9.99. The summed E-state index contributed by atoms with van der Waals surface area (Å²) in [5.74, 6) is 1.74. The third kappa shape index (κ3) is 2.42. The van der Waals surface area contributed by atoms with Crippen molar-refractivity contribution in [1.82, 2.24) is 0 Å². The van der Waals surface area contributed by atoms with E-state index in [-0.39, 0.29) is 0 Å². The molecule has 0 bridgehead atoms. The fourth-order valence-electron chi connectivity index (χ4n) is 2.10. The van der Waals surface area contributed by atoms with E-state index in [1.165, 1.54) is 11.1 Å². The third-order valence-corrected chi connectivity index (χ3v) is 3.12. The van der Waals surface area contributed by atoms with E-state index in [4.69, 9.17) is 10.2 Å². The van der Waals surface area contributed by atoms with Gasteiger partial charge in [0, 0.05) is 5.56 Å². The highest BCUT2D eigenvalue weighted by molar-refractivity contribution is 5.59. The van der Waals surface area contributed by atoms with Gasteiger partial charge in [-0.2, -0.15) is 0 Å². The normalized spacial score (nSPS) is 10.8. The number of rotatable bonds is 4. The van der Waals surface area contributed by atoms with Crippen LogP contribution in [0.4, 0.5) is 0 Å². The van der Waals surface area contributed by atoms with Crippen LogP contribution < -0.4 is 5.73 Å². The Morgan fingerprint density at radius 3 is 2.35 bits per heavy atom. The van der Waals surface area contributed by atoms with Crippen LogP contribution in [0.1, 0.15) is 30.7 Å². The Morgan fingerprint density at radius 2 is 1.76 bits per heavy atom. The van der Waals surface area contributed by atoms with Crippen molar-refractivity contribution in [2.75, 3.05) is 0 Å². The number of nitrogens with two attached hydrogens (primary N) is 1. The van der Waals surface area contributed by atoms with E-state index >= 15 is 0 Å². The molecule has 0 saturated heterocycles. The predicted molar refractivity (Wildman–Crippen MR) is 70.8 cm³/mol. The van der Waals surface area contributed by atoms with Crippen LogP contribution in [0.15, 0.2) is 34.7 Å². The molecule has 1 aromatic heterocycles. The Hall–Kier alpha value is -1.54. The predicted octanol–water partition coefficient (Wildman–Crippen LogP) is 3.53. The maximum atomic E-state index is 5.67. The van der Waals surface area contributed by atoms with E-state index in [1.807, 2.05) is 12.1 Å². The molecule has 0 fully saturated rings. The first kappa shape index (κ1) is 11.9. The summed E-state index contributed by atoms with van der Waals surface area (Å²) in [5, 5.41) is 0. The van der Waals surface area contributed by atoms with E-state index in [0.717, 1.165) is 29.9 Å². The summed E-state index contributed by atoms with van der Waals surface area (Å²) in [6, 6.07) is 10.5. The number of benzene rings is 1. The summed E-state index contributed by atoms with van der Waals surface area (Å²) in [6.07, 6.45) is 2.14. The highest BCUT2D eigenvalue weighted by Gasteiger charge is 2.06. The van der Waals surface area contributed by atoms with Gasteiger partial charge in [-0.05, 0) is 42.2 Å². The first-order valence-electron chi connectivity index (χ1n) is 6.19. The first-order valence-corrected chi connectivity index (χ1v) is 6.19. The molecule has 0 saturated carbocycles. The molecule has 1 heterocycles. The van der Waals surface area contributed by atoms with Crippen molar-refractivity contribution < 1.29 is 4.42 Å². The van der Waals surface area contributed by atoms with Gasteiger partial charge < -0.3 is 10.2 Å². The molecule has 0 spiro atoms. The van der Waals surface area contributed by atoms with E-state index in [0.29, 0.717) is 6.54 Å². The summed E-state index contributed by atoms with van der Waals surface area (Å²) in [5.41, 5.74) is 9.50. The monoisotopic (exact) mass is 229 g/mol. The number of aryl methyl sites for hydroxylation is 2. The van der Waals surface area contributed by atoms with Crippen LogP contribution in [0.2, 0.25) is 0 Å². The Morgan fingerprint density at radius 1 is 1.00 bits per heavy atom. The second kappa shape index (κ2) is 5.19. The topological polar surface area (TPSA) is 39.2 Å². The lowest BCUT2D eigenvalue weighted by Crippen LogP contribution is -1.93. The first-order chi connectivity index (χ1) is 8.28. The summed E-state index contributed by atoms with van der Waals surface area (Å²) in [7, 11) is 0. The average molecular weight is 229 g/mol. The molecule has 2 aromatic rings. The Kier molecular flexibility index (Phi) is 3.64. The Balaban J connectivity index is 2.38. The van der Waals surface area contributed by atoms with Crippen molar-refractivity contribution >= 4 is 0 Å². The minimum absolute atomic E-state index is 0.452. The summed E-state index contributed by atoms with van der Waals surface area (Å²) < 4.78 is 5.67. The van der Waals surface area contributed by atoms with Crippen LogP contribution in [0.5, 0.6) is 0 Å². The van der Waals surface area contributed by atoms with Gasteiger partial charge in [-0.1, -0.05) is 26.0 Å². The molecule has 2 nitrogen and oxygen atoms in total. The molecule has 0 aliphatic rings. The zero-order chi connectivity index (χ0) is 12.3. The molecule has 0 amide bonds.